The maximum absolute atomic E-state index is 11.4. The summed E-state index contributed by atoms with van der Waals surface area (Å²) in [5, 5.41) is 0. The Morgan fingerprint density at radius 2 is 1.88 bits per heavy atom. The van der Waals surface area contributed by atoms with Crippen LogP contribution in [0.5, 0.6) is 5.75 Å². The monoisotopic (exact) mass is 220 g/mol. The second-order valence-corrected chi connectivity index (χ2v) is 4.11. The molecule has 0 heterocycles. The van der Waals surface area contributed by atoms with E-state index in [9.17, 15) is 4.79 Å². The van der Waals surface area contributed by atoms with Crippen molar-refractivity contribution in [3.05, 3.63) is 29.8 Å². The molecule has 0 aromatic heterocycles. The van der Waals surface area contributed by atoms with Gasteiger partial charge in [-0.1, -0.05) is 32.4 Å². The molecule has 0 bridgehead atoms. The molecule has 1 unspecified atom stereocenters. The largest absolute Gasteiger partial charge is 0.497 e. The van der Waals surface area contributed by atoms with Crippen LogP contribution in [0.25, 0.3) is 0 Å². The predicted molar refractivity (Wildman–Crippen MR) is 65.9 cm³/mol. The first-order valence-corrected chi connectivity index (χ1v) is 5.83. The van der Waals surface area contributed by atoms with Crippen LogP contribution in [-0.2, 0) is 10.2 Å². The summed E-state index contributed by atoms with van der Waals surface area (Å²) in [6.45, 7) is 4.17. The van der Waals surface area contributed by atoms with E-state index < -0.39 is 0 Å². The van der Waals surface area contributed by atoms with Crippen molar-refractivity contribution in [1.82, 2.24) is 0 Å². The molecule has 2 nitrogen and oxygen atoms in total. The molecule has 2 heteroatoms. The van der Waals surface area contributed by atoms with Gasteiger partial charge in [0.05, 0.1) is 12.5 Å². The summed E-state index contributed by atoms with van der Waals surface area (Å²) in [6, 6.07) is 7.82. The average molecular weight is 220 g/mol. The van der Waals surface area contributed by atoms with E-state index in [1.165, 1.54) is 0 Å². The Bertz CT molecular complexity index is 329. The Morgan fingerprint density at radius 3 is 2.25 bits per heavy atom. The molecule has 0 amide bonds. The van der Waals surface area contributed by atoms with Crippen LogP contribution in [-0.4, -0.2) is 13.4 Å². The smallest absolute Gasteiger partial charge is 0.130 e. The van der Waals surface area contributed by atoms with Gasteiger partial charge in [0.15, 0.2) is 0 Å². The fourth-order valence-corrected chi connectivity index (χ4v) is 2.10. The van der Waals surface area contributed by atoms with Gasteiger partial charge in [0.2, 0.25) is 0 Å². The van der Waals surface area contributed by atoms with Gasteiger partial charge in [0.25, 0.3) is 0 Å². The van der Waals surface area contributed by atoms with Crippen LogP contribution in [0.3, 0.4) is 0 Å². The van der Waals surface area contributed by atoms with Gasteiger partial charge < -0.3 is 9.53 Å². The van der Waals surface area contributed by atoms with Crippen LogP contribution in [0.2, 0.25) is 0 Å². The topological polar surface area (TPSA) is 26.3 Å². The third-order valence-corrected chi connectivity index (χ3v) is 3.22. The van der Waals surface area contributed by atoms with Crippen molar-refractivity contribution >= 4 is 6.29 Å². The van der Waals surface area contributed by atoms with E-state index in [-0.39, 0.29) is 5.41 Å². The molecule has 0 aliphatic carbocycles. The van der Waals surface area contributed by atoms with E-state index in [1.807, 2.05) is 24.3 Å². The van der Waals surface area contributed by atoms with Gasteiger partial charge in [-0.2, -0.15) is 0 Å². The lowest BCUT2D eigenvalue weighted by molar-refractivity contribution is -0.113. The molecule has 1 rings (SSSR count). The van der Waals surface area contributed by atoms with E-state index in [0.29, 0.717) is 0 Å². The summed E-state index contributed by atoms with van der Waals surface area (Å²) in [7, 11) is 1.65. The Hall–Kier alpha value is -1.31. The highest BCUT2D eigenvalue weighted by Crippen LogP contribution is 2.31. The van der Waals surface area contributed by atoms with E-state index in [2.05, 4.69) is 13.8 Å². The lowest BCUT2D eigenvalue weighted by Crippen LogP contribution is -2.26. The van der Waals surface area contributed by atoms with Crippen LogP contribution >= 0.6 is 0 Å². The molecule has 16 heavy (non-hydrogen) atoms. The summed E-state index contributed by atoms with van der Waals surface area (Å²) >= 11 is 0. The minimum atomic E-state index is -0.318. The maximum Gasteiger partial charge on any atom is 0.130 e. The molecule has 1 aromatic rings. The molecule has 88 valence electrons. The zero-order valence-corrected chi connectivity index (χ0v) is 10.3. The Labute approximate surface area is 97.6 Å². The van der Waals surface area contributed by atoms with Crippen molar-refractivity contribution in [2.75, 3.05) is 7.11 Å². The van der Waals surface area contributed by atoms with Crippen LogP contribution in [0.15, 0.2) is 24.3 Å². The fraction of sp³-hybridized carbons (Fsp3) is 0.500. The van der Waals surface area contributed by atoms with Crippen molar-refractivity contribution in [2.24, 2.45) is 0 Å². The van der Waals surface area contributed by atoms with Crippen molar-refractivity contribution in [3.8, 4) is 5.75 Å². The first-order chi connectivity index (χ1) is 7.72. The van der Waals surface area contributed by atoms with Crippen LogP contribution < -0.4 is 4.74 Å². The van der Waals surface area contributed by atoms with Gasteiger partial charge in [-0.05, 0) is 30.5 Å². The van der Waals surface area contributed by atoms with Crippen molar-refractivity contribution < 1.29 is 9.53 Å². The van der Waals surface area contributed by atoms with Crippen LogP contribution in [0, 0.1) is 0 Å². The highest BCUT2D eigenvalue weighted by atomic mass is 16.5. The van der Waals surface area contributed by atoms with E-state index in [1.54, 1.807) is 7.11 Å². The van der Waals surface area contributed by atoms with Gasteiger partial charge in [-0.3, -0.25) is 0 Å². The zero-order chi connectivity index (χ0) is 12.0. The van der Waals surface area contributed by atoms with Crippen molar-refractivity contribution in [2.45, 2.75) is 38.5 Å². The number of carbonyl (C=O) groups is 1. The van der Waals surface area contributed by atoms with Crippen LogP contribution in [0.4, 0.5) is 0 Å². The molecule has 0 spiro atoms. The normalized spacial score (nSPS) is 14.2. The fourth-order valence-electron chi connectivity index (χ4n) is 2.10. The minimum absolute atomic E-state index is 0.318. The van der Waals surface area contributed by atoms with Gasteiger partial charge in [-0.25, -0.2) is 0 Å². The molecule has 0 N–H and O–H groups in total. The Kier molecular flexibility index (Phi) is 4.53. The standard InChI is InChI=1S/C14H20O2/c1-4-10-14(5-2,11-15)12-6-8-13(16-3)9-7-12/h6-9,11H,4-5,10H2,1-3H3. The highest BCUT2D eigenvalue weighted by molar-refractivity contribution is 5.68. The lowest BCUT2D eigenvalue weighted by Gasteiger charge is -2.26. The molecule has 0 fully saturated rings. The second-order valence-electron chi connectivity index (χ2n) is 4.11. The molecular weight excluding hydrogens is 200 g/mol. The summed E-state index contributed by atoms with van der Waals surface area (Å²) in [4.78, 5) is 11.4. The number of carbonyl (C=O) groups excluding carboxylic acids is 1. The number of hydrogen-bond donors (Lipinski definition) is 0. The second kappa shape index (κ2) is 5.69. The van der Waals surface area contributed by atoms with Gasteiger partial charge in [-0.15, -0.1) is 0 Å². The highest BCUT2D eigenvalue weighted by Gasteiger charge is 2.28. The first kappa shape index (κ1) is 12.8. The number of rotatable bonds is 6. The minimum Gasteiger partial charge on any atom is -0.497 e. The lowest BCUT2D eigenvalue weighted by atomic mass is 9.76. The predicted octanol–water partition coefficient (Wildman–Crippen LogP) is 3.34. The molecule has 1 aromatic carbocycles. The third kappa shape index (κ3) is 2.43. The molecular formula is C14H20O2. The van der Waals surface area contributed by atoms with E-state index >= 15 is 0 Å². The summed E-state index contributed by atoms with van der Waals surface area (Å²) in [6.07, 6.45) is 3.85. The molecule has 0 aliphatic rings. The summed E-state index contributed by atoms with van der Waals surface area (Å²) in [5.74, 6) is 0.830. The zero-order valence-electron chi connectivity index (χ0n) is 10.3. The quantitative estimate of drug-likeness (QED) is 0.687. The molecule has 0 saturated heterocycles. The van der Waals surface area contributed by atoms with Gasteiger partial charge in [0, 0.05) is 0 Å². The van der Waals surface area contributed by atoms with E-state index in [0.717, 1.165) is 36.9 Å². The summed E-state index contributed by atoms with van der Waals surface area (Å²) in [5.41, 5.74) is 0.772. The van der Waals surface area contributed by atoms with Crippen LogP contribution in [0.1, 0.15) is 38.7 Å². The molecule has 1 atom stereocenters. The number of aldehydes is 1. The number of benzene rings is 1. The molecule has 0 saturated carbocycles. The van der Waals surface area contributed by atoms with E-state index in [4.69, 9.17) is 4.74 Å². The third-order valence-electron chi connectivity index (χ3n) is 3.22. The molecule has 0 radical (unpaired) electrons. The average Bonchev–Trinajstić information content (AvgIpc) is 2.36. The SMILES string of the molecule is CCCC(C=O)(CC)c1ccc(OC)cc1. The first-order valence-electron chi connectivity index (χ1n) is 5.83. The molecule has 0 aliphatic heterocycles. The maximum atomic E-state index is 11.4. The number of ether oxygens (including phenoxy) is 1. The summed E-state index contributed by atoms with van der Waals surface area (Å²) < 4.78 is 5.12. The Morgan fingerprint density at radius 1 is 1.25 bits per heavy atom. The van der Waals surface area contributed by atoms with Gasteiger partial charge in [0.1, 0.15) is 12.0 Å². The van der Waals surface area contributed by atoms with Gasteiger partial charge >= 0.3 is 0 Å². The number of methoxy groups -OCH3 is 1. The Balaban J connectivity index is 3.05. The number of hydrogen-bond acceptors (Lipinski definition) is 2. The van der Waals surface area contributed by atoms with Crippen molar-refractivity contribution in [3.63, 3.8) is 0 Å². The van der Waals surface area contributed by atoms with Crippen molar-refractivity contribution in [1.29, 1.82) is 0 Å².